The molecule has 1 aromatic carbocycles. The van der Waals surface area contributed by atoms with E-state index in [9.17, 15) is 18.4 Å². The lowest BCUT2D eigenvalue weighted by Crippen LogP contribution is -2.50. The number of amides is 2. The van der Waals surface area contributed by atoms with Crippen LogP contribution in [0.25, 0.3) is 11.1 Å². The van der Waals surface area contributed by atoms with Crippen LogP contribution in [-0.4, -0.2) is 97.2 Å². The van der Waals surface area contributed by atoms with E-state index >= 15 is 0 Å². The van der Waals surface area contributed by atoms with E-state index in [1.807, 2.05) is 36.6 Å². The van der Waals surface area contributed by atoms with Gasteiger partial charge in [0.2, 0.25) is 5.91 Å². The number of benzene rings is 1. The van der Waals surface area contributed by atoms with Crippen molar-refractivity contribution in [1.82, 2.24) is 34.3 Å². The molecule has 2 fully saturated rings. The van der Waals surface area contributed by atoms with Crippen LogP contribution in [-0.2, 0) is 36.0 Å². The number of alkyl halides is 2. The van der Waals surface area contributed by atoms with Gasteiger partial charge >= 0.3 is 6.09 Å². The summed E-state index contributed by atoms with van der Waals surface area (Å²) in [6.07, 6.45) is 8.93. The Labute approximate surface area is 305 Å². The van der Waals surface area contributed by atoms with Crippen molar-refractivity contribution in [3.8, 4) is 11.1 Å². The van der Waals surface area contributed by atoms with Gasteiger partial charge in [-0.2, -0.15) is 10.2 Å². The fourth-order valence-corrected chi connectivity index (χ4v) is 8.87. The highest BCUT2D eigenvalue weighted by molar-refractivity contribution is 5.78. The number of anilines is 2. The SMILES string of the molecule is CC(=O)N1CCc2c(c(N3CCCc4cc(-c5cnn(C)c5)c(C(F)F)cc43)nn2C2CCC(N(C)C3CCN(C(=O)OC(C)(C)C)CC3)CC2)C1. The van der Waals surface area contributed by atoms with Crippen LogP contribution in [0.1, 0.15) is 107 Å². The predicted molar refractivity (Wildman–Crippen MR) is 196 cm³/mol. The number of carbonyl (C=O) groups excluding carboxylic acids is 2. The Morgan fingerprint density at radius 1 is 0.962 bits per heavy atom. The first kappa shape index (κ1) is 36.4. The van der Waals surface area contributed by atoms with E-state index in [2.05, 4.69) is 26.6 Å². The Balaban J connectivity index is 1.11. The molecular weight excluding hydrogens is 666 g/mol. The lowest BCUT2D eigenvalue weighted by atomic mass is 9.88. The van der Waals surface area contributed by atoms with Crippen molar-refractivity contribution >= 4 is 23.5 Å². The van der Waals surface area contributed by atoms with Crippen LogP contribution in [0.5, 0.6) is 0 Å². The highest BCUT2D eigenvalue weighted by atomic mass is 19.3. The second-order valence-corrected chi connectivity index (χ2v) is 16.2. The smallest absolute Gasteiger partial charge is 0.410 e. The lowest BCUT2D eigenvalue weighted by molar-refractivity contribution is -0.129. The summed E-state index contributed by atoms with van der Waals surface area (Å²) < 4.78 is 38.8. The number of rotatable bonds is 6. The topological polar surface area (TPSA) is 92.0 Å². The summed E-state index contributed by atoms with van der Waals surface area (Å²) in [4.78, 5) is 33.6. The van der Waals surface area contributed by atoms with Gasteiger partial charge in [-0.15, -0.1) is 0 Å². The van der Waals surface area contributed by atoms with Crippen LogP contribution in [0, 0.1) is 0 Å². The van der Waals surface area contributed by atoms with E-state index in [0.29, 0.717) is 55.9 Å². The average Bonchev–Trinajstić information content (AvgIpc) is 3.73. The Morgan fingerprint density at radius 2 is 1.67 bits per heavy atom. The molecule has 282 valence electrons. The van der Waals surface area contributed by atoms with Gasteiger partial charge in [-0.05, 0) is 102 Å². The van der Waals surface area contributed by atoms with Gasteiger partial charge < -0.3 is 24.3 Å². The third-order valence-electron chi connectivity index (χ3n) is 11.7. The highest BCUT2D eigenvalue weighted by Gasteiger charge is 2.37. The van der Waals surface area contributed by atoms with E-state index in [1.54, 1.807) is 37.1 Å². The van der Waals surface area contributed by atoms with Crippen LogP contribution in [0.3, 0.4) is 0 Å². The Bertz CT molecular complexity index is 1780. The molecule has 4 aliphatic rings. The molecule has 0 unspecified atom stereocenters. The zero-order valence-corrected chi connectivity index (χ0v) is 31.6. The second kappa shape index (κ2) is 14.4. The van der Waals surface area contributed by atoms with Crippen LogP contribution in [0.4, 0.5) is 25.1 Å². The number of halogens is 2. The maximum atomic E-state index is 14.7. The molecule has 0 spiro atoms. The molecule has 13 heteroatoms. The van der Waals surface area contributed by atoms with Gasteiger partial charge in [0.1, 0.15) is 5.60 Å². The molecule has 7 rings (SSSR count). The van der Waals surface area contributed by atoms with Crippen molar-refractivity contribution < 1.29 is 23.1 Å². The molecule has 0 bridgehead atoms. The maximum absolute atomic E-state index is 14.7. The number of ether oxygens (including phenoxy) is 1. The molecule has 3 aliphatic heterocycles. The molecule has 52 heavy (non-hydrogen) atoms. The van der Waals surface area contributed by atoms with Crippen molar-refractivity contribution in [2.24, 2.45) is 7.05 Å². The number of hydrogen-bond acceptors (Lipinski definition) is 7. The quantitative estimate of drug-likeness (QED) is 0.270. The molecule has 1 aliphatic carbocycles. The summed E-state index contributed by atoms with van der Waals surface area (Å²) in [6, 6.07) is 4.71. The molecule has 2 aromatic heterocycles. The first-order valence-corrected chi connectivity index (χ1v) is 19.0. The van der Waals surface area contributed by atoms with Crippen LogP contribution in [0.2, 0.25) is 0 Å². The van der Waals surface area contributed by atoms with Crippen molar-refractivity contribution in [3.63, 3.8) is 0 Å². The highest BCUT2D eigenvalue weighted by Crippen LogP contribution is 2.44. The van der Waals surface area contributed by atoms with Gasteiger partial charge in [0.15, 0.2) is 5.82 Å². The van der Waals surface area contributed by atoms with Crippen molar-refractivity contribution in [2.75, 3.05) is 38.1 Å². The van der Waals surface area contributed by atoms with Crippen LogP contribution in [0.15, 0.2) is 24.5 Å². The zero-order valence-electron chi connectivity index (χ0n) is 31.6. The van der Waals surface area contributed by atoms with Crippen molar-refractivity contribution in [1.29, 1.82) is 0 Å². The van der Waals surface area contributed by atoms with Gasteiger partial charge in [0.25, 0.3) is 6.43 Å². The van der Waals surface area contributed by atoms with E-state index < -0.39 is 12.0 Å². The van der Waals surface area contributed by atoms with Crippen molar-refractivity contribution in [2.45, 2.75) is 122 Å². The minimum absolute atomic E-state index is 0.00438. The zero-order chi connectivity index (χ0) is 36.9. The summed E-state index contributed by atoms with van der Waals surface area (Å²) >= 11 is 0. The Kier molecular flexibility index (Phi) is 10.1. The molecule has 0 N–H and O–H groups in total. The molecule has 5 heterocycles. The minimum Gasteiger partial charge on any atom is -0.444 e. The largest absolute Gasteiger partial charge is 0.444 e. The Hall–Kier alpha value is -4.00. The summed E-state index contributed by atoms with van der Waals surface area (Å²) in [7, 11) is 4.03. The number of likely N-dealkylation sites (tertiary alicyclic amines) is 1. The summed E-state index contributed by atoms with van der Waals surface area (Å²) in [5.41, 5.74) is 4.73. The molecule has 2 amide bonds. The average molecular weight is 721 g/mol. The molecular formula is C39H54F2N8O3. The van der Waals surface area contributed by atoms with Gasteiger partial charge in [0.05, 0.1) is 18.8 Å². The van der Waals surface area contributed by atoms with Crippen molar-refractivity contribution in [3.05, 3.63) is 46.9 Å². The first-order chi connectivity index (χ1) is 24.8. The number of piperidine rings is 1. The molecule has 1 saturated carbocycles. The predicted octanol–water partition coefficient (Wildman–Crippen LogP) is 7.03. The summed E-state index contributed by atoms with van der Waals surface area (Å²) in [5, 5.41) is 9.58. The molecule has 0 radical (unpaired) electrons. The maximum Gasteiger partial charge on any atom is 0.410 e. The number of aryl methyl sites for hydroxylation is 2. The van der Waals surface area contributed by atoms with E-state index in [0.717, 1.165) is 80.4 Å². The molecule has 3 aromatic rings. The summed E-state index contributed by atoms with van der Waals surface area (Å²) in [5.74, 6) is 0.831. The van der Waals surface area contributed by atoms with E-state index in [1.165, 1.54) is 5.69 Å². The third kappa shape index (κ3) is 7.30. The third-order valence-corrected chi connectivity index (χ3v) is 11.7. The normalized spacial score (nSPS) is 21.5. The summed E-state index contributed by atoms with van der Waals surface area (Å²) in [6.45, 7) is 10.5. The first-order valence-electron chi connectivity index (χ1n) is 19.0. The molecule has 1 saturated heterocycles. The van der Waals surface area contributed by atoms with E-state index in [-0.39, 0.29) is 23.6 Å². The number of aromatic nitrogens is 4. The lowest BCUT2D eigenvalue weighted by Gasteiger charge is -2.43. The van der Waals surface area contributed by atoms with Gasteiger partial charge in [-0.3, -0.25) is 14.2 Å². The fraction of sp³-hybridized carbons (Fsp3) is 0.641. The second-order valence-electron chi connectivity index (χ2n) is 16.2. The van der Waals surface area contributed by atoms with Gasteiger partial charge in [0, 0.05) is 92.9 Å². The molecule has 11 nitrogen and oxygen atoms in total. The minimum atomic E-state index is -2.64. The molecule has 0 atom stereocenters. The van der Waals surface area contributed by atoms with Crippen LogP contribution >= 0.6 is 0 Å². The Morgan fingerprint density at radius 3 is 2.31 bits per heavy atom. The van der Waals surface area contributed by atoms with E-state index in [4.69, 9.17) is 9.84 Å². The number of hydrogen-bond donors (Lipinski definition) is 0. The number of fused-ring (bicyclic) bond motifs is 2. The monoisotopic (exact) mass is 720 g/mol. The fourth-order valence-electron chi connectivity index (χ4n) is 8.87. The standard InChI is InChI=1S/C39H54F2N8O3/c1-25(50)47-19-15-34-33(24-47)37(48-16-7-8-26-20-31(27-22-42-44(5)23-27)32(36(40)41)21-35(26)48)43-49(34)30-11-9-28(10-12-30)45(6)29-13-17-46(18-14-29)38(51)52-39(2,3)4/h20-23,28-30,36H,7-19,24H2,1-6H3. The van der Waals surface area contributed by atoms with Crippen LogP contribution < -0.4 is 4.90 Å². The van der Waals surface area contributed by atoms with Gasteiger partial charge in [-0.1, -0.05) is 0 Å². The number of nitrogens with zero attached hydrogens (tertiary/aromatic N) is 8. The number of carbonyl (C=O) groups is 2. The van der Waals surface area contributed by atoms with Gasteiger partial charge in [-0.25, -0.2) is 13.6 Å².